The standard InChI is InChI=1S/C23H29N5O/c1-2-24-23(26-17-22(29)15-19-9-4-3-5-10-19)25-16-20-11-6-7-12-21(20)18-28-14-8-13-27-28/h3-14,22,29H,2,15-18H2,1H3,(H2,24,25,26). The summed E-state index contributed by atoms with van der Waals surface area (Å²) in [7, 11) is 0. The van der Waals surface area contributed by atoms with E-state index in [0.717, 1.165) is 24.2 Å². The molecule has 0 saturated heterocycles. The van der Waals surface area contributed by atoms with Gasteiger partial charge in [-0.05, 0) is 29.7 Å². The van der Waals surface area contributed by atoms with Crippen LogP contribution in [0, 0.1) is 0 Å². The summed E-state index contributed by atoms with van der Waals surface area (Å²) in [6.45, 7) is 4.51. The number of nitrogens with zero attached hydrogens (tertiary/aromatic N) is 3. The lowest BCUT2D eigenvalue weighted by molar-refractivity contribution is 0.177. The van der Waals surface area contributed by atoms with Gasteiger partial charge in [0.1, 0.15) is 0 Å². The van der Waals surface area contributed by atoms with Crippen molar-refractivity contribution in [2.24, 2.45) is 4.99 Å². The molecule has 1 unspecified atom stereocenters. The van der Waals surface area contributed by atoms with Gasteiger partial charge in [-0.3, -0.25) is 4.68 Å². The number of rotatable bonds is 9. The maximum absolute atomic E-state index is 10.3. The van der Waals surface area contributed by atoms with Gasteiger partial charge < -0.3 is 15.7 Å². The number of aliphatic hydroxyl groups excluding tert-OH is 1. The summed E-state index contributed by atoms with van der Waals surface area (Å²) in [4.78, 5) is 4.71. The predicted molar refractivity (Wildman–Crippen MR) is 117 cm³/mol. The van der Waals surface area contributed by atoms with Gasteiger partial charge in [0.15, 0.2) is 5.96 Å². The van der Waals surface area contributed by atoms with Crippen LogP contribution < -0.4 is 10.6 Å². The summed E-state index contributed by atoms with van der Waals surface area (Å²) < 4.78 is 1.91. The maximum Gasteiger partial charge on any atom is 0.191 e. The first-order chi connectivity index (χ1) is 14.2. The van der Waals surface area contributed by atoms with Crippen LogP contribution in [-0.4, -0.2) is 40.0 Å². The maximum atomic E-state index is 10.3. The molecule has 1 aromatic heterocycles. The van der Waals surface area contributed by atoms with Crippen LogP contribution in [0.3, 0.4) is 0 Å². The number of benzene rings is 2. The lowest BCUT2D eigenvalue weighted by Crippen LogP contribution is -2.41. The van der Waals surface area contributed by atoms with Crippen LogP contribution in [0.2, 0.25) is 0 Å². The Labute approximate surface area is 172 Å². The first-order valence-corrected chi connectivity index (χ1v) is 10.0. The van der Waals surface area contributed by atoms with Gasteiger partial charge in [-0.25, -0.2) is 4.99 Å². The lowest BCUT2D eigenvalue weighted by Gasteiger charge is -2.16. The molecule has 3 rings (SSSR count). The molecule has 1 atom stereocenters. The van der Waals surface area contributed by atoms with E-state index in [1.165, 1.54) is 5.56 Å². The highest BCUT2D eigenvalue weighted by Gasteiger charge is 2.08. The Kier molecular flexibility index (Phi) is 7.83. The molecular weight excluding hydrogens is 362 g/mol. The number of hydrogen-bond acceptors (Lipinski definition) is 3. The SMILES string of the molecule is CCNC(=NCc1ccccc1Cn1cccn1)NCC(O)Cc1ccccc1. The van der Waals surface area contributed by atoms with Crippen molar-refractivity contribution >= 4 is 5.96 Å². The van der Waals surface area contributed by atoms with E-state index in [1.54, 1.807) is 6.20 Å². The van der Waals surface area contributed by atoms with Gasteiger partial charge in [-0.15, -0.1) is 0 Å². The number of nitrogens with one attached hydrogen (secondary N) is 2. The molecule has 29 heavy (non-hydrogen) atoms. The zero-order chi connectivity index (χ0) is 20.3. The van der Waals surface area contributed by atoms with Crippen molar-refractivity contribution in [1.29, 1.82) is 0 Å². The van der Waals surface area contributed by atoms with Gasteiger partial charge in [0, 0.05) is 31.9 Å². The second-order valence-corrected chi connectivity index (χ2v) is 6.89. The average molecular weight is 392 g/mol. The third kappa shape index (κ3) is 6.76. The monoisotopic (exact) mass is 391 g/mol. The lowest BCUT2D eigenvalue weighted by atomic mass is 10.1. The van der Waals surface area contributed by atoms with Gasteiger partial charge in [-0.2, -0.15) is 5.10 Å². The molecule has 152 valence electrons. The highest BCUT2D eigenvalue weighted by molar-refractivity contribution is 5.79. The number of hydrogen-bond donors (Lipinski definition) is 3. The molecule has 0 bridgehead atoms. The second kappa shape index (κ2) is 11.0. The fraction of sp³-hybridized carbons (Fsp3) is 0.304. The largest absolute Gasteiger partial charge is 0.391 e. The van der Waals surface area contributed by atoms with Crippen molar-refractivity contribution in [2.75, 3.05) is 13.1 Å². The van der Waals surface area contributed by atoms with E-state index in [0.29, 0.717) is 25.5 Å². The Morgan fingerprint density at radius 2 is 1.79 bits per heavy atom. The fourth-order valence-corrected chi connectivity index (χ4v) is 3.11. The van der Waals surface area contributed by atoms with E-state index in [9.17, 15) is 5.11 Å². The molecule has 1 heterocycles. The van der Waals surface area contributed by atoms with Crippen LogP contribution in [-0.2, 0) is 19.5 Å². The third-order valence-electron chi connectivity index (χ3n) is 4.58. The third-order valence-corrected chi connectivity index (χ3v) is 4.58. The molecule has 0 spiro atoms. The molecule has 0 aliphatic carbocycles. The molecule has 0 aliphatic heterocycles. The van der Waals surface area contributed by atoms with Crippen molar-refractivity contribution < 1.29 is 5.11 Å². The van der Waals surface area contributed by atoms with E-state index in [1.807, 2.05) is 66.3 Å². The topological polar surface area (TPSA) is 74.5 Å². The Balaban J connectivity index is 1.59. The average Bonchev–Trinajstić information content (AvgIpc) is 3.25. The highest BCUT2D eigenvalue weighted by atomic mass is 16.3. The van der Waals surface area contributed by atoms with Crippen LogP contribution in [0.15, 0.2) is 78.0 Å². The molecule has 0 fully saturated rings. The summed E-state index contributed by atoms with van der Waals surface area (Å²) in [6, 6.07) is 20.2. The van der Waals surface area contributed by atoms with E-state index < -0.39 is 6.10 Å². The molecular formula is C23H29N5O. The van der Waals surface area contributed by atoms with E-state index in [2.05, 4.69) is 27.9 Å². The summed E-state index contributed by atoms with van der Waals surface area (Å²) >= 11 is 0. The molecule has 6 heteroatoms. The smallest absolute Gasteiger partial charge is 0.191 e. The molecule has 0 saturated carbocycles. The molecule has 0 amide bonds. The highest BCUT2D eigenvalue weighted by Crippen LogP contribution is 2.11. The Morgan fingerprint density at radius 1 is 1.03 bits per heavy atom. The van der Waals surface area contributed by atoms with E-state index >= 15 is 0 Å². The van der Waals surface area contributed by atoms with Gasteiger partial charge in [0.2, 0.25) is 0 Å². The summed E-state index contributed by atoms with van der Waals surface area (Å²) in [5.41, 5.74) is 3.47. The first kappa shape index (κ1) is 20.6. The van der Waals surface area contributed by atoms with Crippen molar-refractivity contribution in [1.82, 2.24) is 20.4 Å². The molecule has 3 aromatic rings. The molecule has 2 aromatic carbocycles. The molecule has 0 radical (unpaired) electrons. The number of aromatic nitrogens is 2. The van der Waals surface area contributed by atoms with Crippen LogP contribution in [0.25, 0.3) is 0 Å². The molecule has 6 nitrogen and oxygen atoms in total. The minimum atomic E-state index is -0.478. The van der Waals surface area contributed by atoms with Gasteiger partial charge in [0.05, 0.1) is 19.2 Å². The number of guanidine groups is 1. The van der Waals surface area contributed by atoms with Gasteiger partial charge in [-0.1, -0.05) is 54.6 Å². The van der Waals surface area contributed by atoms with Crippen molar-refractivity contribution in [3.8, 4) is 0 Å². The zero-order valence-electron chi connectivity index (χ0n) is 16.8. The molecule has 3 N–H and O–H groups in total. The fourth-order valence-electron chi connectivity index (χ4n) is 3.11. The second-order valence-electron chi connectivity index (χ2n) is 6.89. The summed E-state index contributed by atoms with van der Waals surface area (Å²) in [5, 5.41) is 21.1. The minimum absolute atomic E-state index is 0.440. The Bertz CT molecular complexity index is 877. The van der Waals surface area contributed by atoms with Gasteiger partial charge >= 0.3 is 0 Å². The van der Waals surface area contributed by atoms with E-state index in [4.69, 9.17) is 4.99 Å². The summed E-state index contributed by atoms with van der Waals surface area (Å²) in [6.07, 6.45) is 3.88. The van der Waals surface area contributed by atoms with Crippen LogP contribution in [0.5, 0.6) is 0 Å². The first-order valence-electron chi connectivity index (χ1n) is 10.0. The van der Waals surface area contributed by atoms with Gasteiger partial charge in [0.25, 0.3) is 0 Å². The van der Waals surface area contributed by atoms with E-state index in [-0.39, 0.29) is 0 Å². The number of aliphatic imine (C=N–C) groups is 1. The zero-order valence-corrected chi connectivity index (χ0v) is 16.8. The van der Waals surface area contributed by atoms with Crippen LogP contribution in [0.4, 0.5) is 0 Å². The quantitative estimate of drug-likeness (QED) is 0.387. The van der Waals surface area contributed by atoms with Crippen LogP contribution >= 0.6 is 0 Å². The Morgan fingerprint density at radius 3 is 2.52 bits per heavy atom. The predicted octanol–water partition coefficient (Wildman–Crippen LogP) is 2.59. The number of aliphatic hydroxyl groups is 1. The van der Waals surface area contributed by atoms with Crippen molar-refractivity contribution in [2.45, 2.75) is 32.5 Å². The van der Waals surface area contributed by atoms with Crippen molar-refractivity contribution in [3.05, 3.63) is 89.7 Å². The minimum Gasteiger partial charge on any atom is -0.391 e. The molecule has 0 aliphatic rings. The normalized spacial score (nSPS) is 12.6. The van der Waals surface area contributed by atoms with Crippen LogP contribution in [0.1, 0.15) is 23.6 Å². The summed E-state index contributed by atoms with van der Waals surface area (Å²) in [5.74, 6) is 0.702. The Hall–Kier alpha value is -3.12. The van der Waals surface area contributed by atoms with Crippen molar-refractivity contribution in [3.63, 3.8) is 0 Å².